The van der Waals surface area contributed by atoms with Gasteiger partial charge in [0.15, 0.2) is 0 Å². The summed E-state index contributed by atoms with van der Waals surface area (Å²) in [6.45, 7) is 0.513. The van der Waals surface area contributed by atoms with Crippen molar-refractivity contribution in [1.29, 1.82) is 0 Å². The molecule has 2 aliphatic rings. The van der Waals surface area contributed by atoms with Crippen molar-refractivity contribution >= 4 is 11.8 Å². The zero-order valence-electron chi connectivity index (χ0n) is 12.8. The first-order valence-electron chi connectivity index (χ1n) is 8.02. The fraction of sp³-hybridized carbons (Fsp3) is 0.333. The van der Waals surface area contributed by atoms with Crippen molar-refractivity contribution in [3.63, 3.8) is 0 Å². The molecule has 3 N–H and O–H groups in total. The van der Waals surface area contributed by atoms with Crippen LogP contribution in [0.5, 0.6) is 0 Å². The Kier molecular flexibility index (Phi) is 3.22. The van der Waals surface area contributed by atoms with Crippen molar-refractivity contribution in [3.8, 4) is 0 Å². The lowest BCUT2D eigenvalue weighted by atomic mass is 9.91. The smallest absolute Gasteiger partial charge is 0.256 e. The minimum Gasteiger partial charge on any atom is -0.368 e. The van der Waals surface area contributed by atoms with Crippen molar-refractivity contribution < 1.29 is 9.59 Å². The molecule has 4 rings (SSSR count). The number of nitrogens with one attached hydrogen (secondary N) is 1. The van der Waals surface area contributed by atoms with Gasteiger partial charge in [-0.3, -0.25) is 9.59 Å². The number of hydrogen-bond acceptors (Lipinski definition) is 2. The monoisotopic (exact) mass is 309 g/mol. The molecule has 1 aromatic carbocycles. The SMILES string of the molecule is NC(=O)C1c2ccccc2CCN1C(=O)c1cc[nH]c1C1CC1. The topological polar surface area (TPSA) is 79.2 Å². The first-order valence-corrected chi connectivity index (χ1v) is 8.02. The Labute approximate surface area is 134 Å². The number of amides is 2. The van der Waals surface area contributed by atoms with E-state index in [2.05, 4.69) is 4.98 Å². The number of carbonyl (C=O) groups excluding carboxylic acids is 2. The highest BCUT2D eigenvalue weighted by Gasteiger charge is 2.37. The van der Waals surface area contributed by atoms with E-state index in [0.29, 0.717) is 18.0 Å². The number of aromatic amines is 1. The van der Waals surface area contributed by atoms with E-state index in [-0.39, 0.29) is 5.91 Å². The van der Waals surface area contributed by atoms with Gasteiger partial charge in [-0.15, -0.1) is 0 Å². The summed E-state index contributed by atoms with van der Waals surface area (Å²) >= 11 is 0. The van der Waals surface area contributed by atoms with E-state index in [0.717, 1.165) is 36.1 Å². The second-order valence-corrected chi connectivity index (χ2v) is 6.33. The molecule has 2 aromatic rings. The van der Waals surface area contributed by atoms with Crippen LogP contribution in [-0.4, -0.2) is 28.2 Å². The number of primary amides is 1. The van der Waals surface area contributed by atoms with Gasteiger partial charge in [-0.1, -0.05) is 24.3 Å². The van der Waals surface area contributed by atoms with Crippen LogP contribution in [0.2, 0.25) is 0 Å². The van der Waals surface area contributed by atoms with Gasteiger partial charge in [0, 0.05) is 18.4 Å². The lowest BCUT2D eigenvalue weighted by Gasteiger charge is -2.35. The third kappa shape index (κ3) is 2.32. The molecule has 0 spiro atoms. The van der Waals surface area contributed by atoms with Gasteiger partial charge in [0.05, 0.1) is 5.56 Å². The van der Waals surface area contributed by atoms with Crippen LogP contribution in [0.25, 0.3) is 0 Å². The molecule has 1 atom stereocenters. The molecular formula is C18H19N3O2. The van der Waals surface area contributed by atoms with Crippen LogP contribution >= 0.6 is 0 Å². The second-order valence-electron chi connectivity index (χ2n) is 6.33. The highest BCUT2D eigenvalue weighted by molar-refractivity contribution is 5.99. The van der Waals surface area contributed by atoms with Crippen LogP contribution in [0.3, 0.4) is 0 Å². The number of nitrogens with zero attached hydrogens (tertiary/aromatic N) is 1. The van der Waals surface area contributed by atoms with Crippen LogP contribution < -0.4 is 5.73 Å². The molecule has 118 valence electrons. The summed E-state index contributed by atoms with van der Waals surface area (Å²) < 4.78 is 0. The van der Waals surface area contributed by atoms with Crippen molar-refractivity contribution in [2.75, 3.05) is 6.54 Å². The predicted molar refractivity (Wildman–Crippen MR) is 85.9 cm³/mol. The fourth-order valence-electron chi connectivity index (χ4n) is 3.53. The van der Waals surface area contributed by atoms with Gasteiger partial charge in [-0.05, 0) is 42.4 Å². The van der Waals surface area contributed by atoms with Crippen LogP contribution in [-0.2, 0) is 11.2 Å². The van der Waals surface area contributed by atoms with Gasteiger partial charge in [-0.25, -0.2) is 0 Å². The van der Waals surface area contributed by atoms with E-state index in [9.17, 15) is 9.59 Å². The van der Waals surface area contributed by atoms with Crippen molar-refractivity contribution in [1.82, 2.24) is 9.88 Å². The Bertz CT molecular complexity index is 776. The van der Waals surface area contributed by atoms with Gasteiger partial charge < -0.3 is 15.6 Å². The Morgan fingerprint density at radius 2 is 1.96 bits per heavy atom. The normalized spacial score (nSPS) is 20.2. The standard InChI is InChI=1S/C18H19N3O2/c19-17(22)16-13-4-2-1-3-11(13)8-10-21(16)18(23)14-7-9-20-15(14)12-5-6-12/h1-4,7,9,12,16,20H,5-6,8,10H2,(H2,19,22). The highest BCUT2D eigenvalue weighted by Crippen LogP contribution is 2.41. The molecule has 1 saturated carbocycles. The minimum atomic E-state index is -0.686. The van der Waals surface area contributed by atoms with E-state index in [4.69, 9.17) is 5.73 Å². The summed E-state index contributed by atoms with van der Waals surface area (Å²) in [6, 6.07) is 8.85. The van der Waals surface area contributed by atoms with Gasteiger partial charge in [-0.2, -0.15) is 0 Å². The van der Waals surface area contributed by atoms with Gasteiger partial charge in [0.25, 0.3) is 5.91 Å². The summed E-state index contributed by atoms with van der Waals surface area (Å²) in [4.78, 5) is 29.9. The zero-order chi connectivity index (χ0) is 16.0. The molecule has 0 radical (unpaired) electrons. The van der Waals surface area contributed by atoms with Crippen molar-refractivity contribution in [2.45, 2.75) is 31.2 Å². The zero-order valence-corrected chi connectivity index (χ0v) is 12.8. The predicted octanol–water partition coefficient (Wildman–Crippen LogP) is 2.12. The van der Waals surface area contributed by atoms with Gasteiger partial charge >= 0.3 is 0 Å². The molecule has 5 nitrogen and oxygen atoms in total. The second kappa shape index (κ2) is 5.26. The summed E-state index contributed by atoms with van der Waals surface area (Å²) in [5.41, 5.74) is 9.25. The van der Waals surface area contributed by atoms with E-state index < -0.39 is 11.9 Å². The molecule has 1 aliphatic carbocycles. The first-order chi connectivity index (χ1) is 11.2. The van der Waals surface area contributed by atoms with Crippen molar-refractivity contribution in [2.24, 2.45) is 5.73 Å². The number of rotatable bonds is 3. The summed E-state index contributed by atoms with van der Waals surface area (Å²) in [7, 11) is 0. The number of H-pyrrole nitrogens is 1. The third-order valence-corrected chi connectivity index (χ3v) is 4.81. The fourth-order valence-corrected chi connectivity index (χ4v) is 3.53. The number of fused-ring (bicyclic) bond motifs is 1. The number of aromatic nitrogens is 1. The first kappa shape index (κ1) is 14.1. The molecule has 23 heavy (non-hydrogen) atoms. The molecule has 1 unspecified atom stereocenters. The molecule has 5 heteroatoms. The molecule has 2 heterocycles. The van der Waals surface area contributed by atoms with Gasteiger partial charge in [0.2, 0.25) is 5.91 Å². The molecule has 2 amide bonds. The Morgan fingerprint density at radius 1 is 1.17 bits per heavy atom. The van der Waals surface area contributed by atoms with E-state index >= 15 is 0 Å². The molecular weight excluding hydrogens is 290 g/mol. The lowest BCUT2D eigenvalue weighted by molar-refractivity contribution is -0.123. The van der Waals surface area contributed by atoms with Gasteiger partial charge in [0.1, 0.15) is 6.04 Å². The summed E-state index contributed by atoms with van der Waals surface area (Å²) in [5.74, 6) is -0.131. The maximum Gasteiger partial charge on any atom is 0.256 e. The number of nitrogens with two attached hydrogens (primary N) is 1. The van der Waals surface area contributed by atoms with E-state index in [1.807, 2.05) is 30.3 Å². The molecule has 1 aromatic heterocycles. The van der Waals surface area contributed by atoms with Crippen LogP contribution in [0.1, 0.15) is 52.0 Å². The number of carbonyl (C=O) groups is 2. The van der Waals surface area contributed by atoms with Crippen LogP contribution in [0, 0.1) is 0 Å². The maximum atomic E-state index is 13.0. The number of hydrogen-bond donors (Lipinski definition) is 2. The summed E-state index contributed by atoms with van der Waals surface area (Å²) in [6.07, 6.45) is 4.78. The largest absolute Gasteiger partial charge is 0.368 e. The average molecular weight is 309 g/mol. The Hall–Kier alpha value is -2.56. The molecule has 1 aliphatic heterocycles. The maximum absolute atomic E-state index is 13.0. The van der Waals surface area contributed by atoms with E-state index in [1.165, 1.54) is 0 Å². The van der Waals surface area contributed by atoms with Crippen LogP contribution in [0.4, 0.5) is 0 Å². The van der Waals surface area contributed by atoms with Crippen molar-refractivity contribution in [3.05, 3.63) is 58.9 Å². The number of benzene rings is 1. The van der Waals surface area contributed by atoms with E-state index in [1.54, 1.807) is 11.1 Å². The highest BCUT2D eigenvalue weighted by atomic mass is 16.2. The van der Waals surface area contributed by atoms with Crippen LogP contribution in [0.15, 0.2) is 36.5 Å². The summed E-state index contributed by atoms with van der Waals surface area (Å²) in [5, 5.41) is 0. The molecule has 0 saturated heterocycles. The third-order valence-electron chi connectivity index (χ3n) is 4.81. The Balaban J connectivity index is 1.71. The quantitative estimate of drug-likeness (QED) is 0.911. The Morgan fingerprint density at radius 3 is 2.70 bits per heavy atom. The average Bonchev–Trinajstić information content (AvgIpc) is 3.29. The lowest BCUT2D eigenvalue weighted by Crippen LogP contribution is -2.45. The molecule has 0 bridgehead atoms. The minimum absolute atomic E-state index is 0.105. The molecule has 1 fully saturated rings.